The first-order valence-corrected chi connectivity index (χ1v) is 5.16. The van der Waals surface area contributed by atoms with E-state index in [1.54, 1.807) is 0 Å². The zero-order valence-corrected chi connectivity index (χ0v) is 8.42. The van der Waals surface area contributed by atoms with Crippen LogP contribution in [0.5, 0.6) is 0 Å². The van der Waals surface area contributed by atoms with Crippen molar-refractivity contribution in [3.8, 4) is 0 Å². The Morgan fingerprint density at radius 1 is 1.50 bits per heavy atom. The normalized spacial score (nSPS) is 28.8. The van der Waals surface area contributed by atoms with Gasteiger partial charge in [-0.2, -0.15) is 0 Å². The first-order chi connectivity index (χ1) is 5.75. The Morgan fingerprint density at radius 2 is 2.25 bits per heavy atom. The van der Waals surface area contributed by atoms with Gasteiger partial charge >= 0.3 is 0 Å². The van der Waals surface area contributed by atoms with Crippen LogP contribution in [0.4, 0.5) is 0 Å². The van der Waals surface area contributed by atoms with Crippen LogP contribution in [-0.4, -0.2) is 31.1 Å². The smallest absolute Gasteiger partial charge is 0.0118 e. The Kier molecular flexibility index (Phi) is 4.02. The van der Waals surface area contributed by atoms with Crippen molar-refractivity contribution in [3.05, 3.63) is 0 Å². The van der Waals surface area contributed by atoms with E-state index < -0.39 is 0 Å². The molecule has 0 aliphatic carbocycles. The maximum Gasteiger partial charge on any atom is 0.0118 e. The molecule has 2 heteroatoms. The quantitative estimate of drug-likeness (QED) is 0.694. The molecule has 2 nitrogen and oxygen atoms in total. The van der Waals surface area contributed by atoms with Gasteiger partial charge in [0.25, 0.3) is 0 Å². The average molecular weight is 170 g/mol. The number of nitrogens with zero attached hydrogens (tertiary/aromatic N) is 1. The zero-order valence-electron chi connectivity index (χ0n) is 8.42. The Bertz CT molecular complexity index is 125. The van der Waals surface area contributed by atoms with Crippen LogP contribution in [0.2, 0.25) is 0 Å². The molecule has 1 heterocycles. The second-order valence-corrected chi connectivity index (χ2v) is 4.10. The van der Waals surface area contributed by atoms with E-state index >= 15 is 0 Å². The van der Waals surface area contributed by atoms with Crippen LogP contribution in [0, 0.1) is 5.92 Å². The molecule has 12 heavy (non-hydrogen) atoms. The monoisotopic (exact) mass is 170 g/mol. The summed E-state index contributed by atoms with van der Waals surface area (Å²) < 4.78 is 0. The second kappa shape index (κ2) is 4.83. The van der Waals surface area contributed by atoms with Crippen molar-refractivity contribution in [1.29, 1.82) is 0 Å². The van der Waals surface area contributed by atoms with E-state index in [0.29, 0.717) is 0 Å². The molecule has 0 spiro atoms. The Hall–Kier alpha value is -0.0800. The highest BCUT2D eigenvalue weighted by molar-refractivity contribution is 4.78. The van der Waals surface area contributed by atoms with E-state index in [2.05, 4.69) is 18.9 Å². The van der Waals surface area contributed by atoms with Gasteiger partial charge in [-0.15, -0.1) is 0 Å². The predicted molar refractivity (Wildman–Crippen MR) is 53.1 cm³/mol. The van der Waals surface area contributed by atoms with E-state index in [-0.39, 0.29) is 0 Å². The number of likely N-dealkylation sites (tertiary alicyclic amines) is 1. The van der Waals surface area contributed by atoms with Gasteiger partial charge in [-0.3, -0.25) is 0 Å². The summed E-state index contributed by atoms with van der Waals surface area (Å²) in [6, 6.07) is 0.794. The van der Waals surface area contributed by atoms with Crippen LogP contribution in [0.1, 0.15) is 32.6 Å². The van der Waals surface area contributed by atoms with Crippen LogP contribution < -0.4 is 5.73 Å². The number of rotatable bonds is 3. The molecule has 0 radical (unpaired) electrons. The van der Waals surface area contributed by atoms with Crippen LogP contribution in [0.25, 0.3) is 0 Å². The molecule has 2 N–H and O–H groups in total. The van der Waals surface area contributed by atoms with Gasteiger partial charge in [0.2, 0.25) is 0 Å². The minimum Gasteiger partial charge on any atom is -0.330 e. The van der Waals surface area contributed by atoms with Crippen molar-refractivity contribution in [2.24, 2.45) is 11.7 Å². The molecule has 0 aromatic carbocycles. The van der Waals surface area contributed by atoms with Crippen LogP contribution >= 0.6 is 0 Å². The predicted octanol–water partition coefficient (Wildman–Crippen LogP) is 1.46. The molecule has 1 saturated heterocycles. The fourth-order valence-electron chi connectivity index (χ4n) is 2.28. The van der Waals surface area contributed by atoms with Gasteiger partial charge in [-0.25, -0.2) is 0 Å². The first-order valence-electron chi connectivity index (χ1n) is 5.16. The topological polar surface area (TPSA) is 29.3 Å². The summed E-state index contributed by atoms with van der Waals surface area (Å²) in [5.41, 5.74) is 5.56. The highest BCUT2D eigenvalue weighted by atomic mass is 15.1. The lowest BCUT2D eigenvalue weighted by molar-refractivity contribution is 0.133. The van der Waals surface area contributed by atoms with Crippen LogP contribution in [0.3, 0.4) is 0 Å². The van der Waals surface area contributed by atoms with E-state index in [4.69, 9.17) is 5.73 Å². The summed E-state index contributed by atoms with van der Waals surface area (Å²) in [6.07, 6.45) is 5.33. The Balaban J connectivity index is 2.36. The second-order valence-electron chi connectivity index (χ2n) is 4.10. The van der Waals surface area contributed by atoms with Crippen molar-refractivity contribution in [2.75, 3.05) is 20.1 Å². The fraction of sp³-hybridized carbons (Fsp3) is 1.00. The molecular formula is C10H22N2. The number of hydrogen-bond acceptors (Lipinski definition) is 2. The molecule has 0 aromatic rings. The summed E-state index contributed by atoms with van der Waals surface area (Å²) >= 11 is 0. The summed E-state index contributed by atoms with van der Waals surface area (Å²) in [6.45, 7) is 4.45. The summed E-state index contributed by atoms with van der Waals surface area (Å²) in [7, 11) is 2.25. The molecule has 0 bridgehead atoms. The van der Waals surface area contributed by atoms with Gasteiger partial charge in [0.1, 0.15) is 0 Å². The fourth-order valence-corrected chi connectivity index (χ4v) is 2.28. The molecule has 1 rings (SSSR count). The molecule has 2 unspecified atom stereocenters. The van der Waals surface area contributed by atoms with Crippen LogP contribution in [0.15, 0.2) is 0 Å². The standard InChI is InChI=1S/C10H22N2/c1-9(6-7-11)10-5-3-4-8-12(10)2/h9-10H,3-8,11H2,1-2H3. The van der Waals surface area contributed by atoms with Crippen molar-refractivity contribution < 1.29 is 0 Å². The highest BCUT2D eigenvalue weighted by Crippen LogP contribution is 2.23. The van der Waals surface area contributed by atoms with Crippen molar-refractivity contribution in [3.63, 3.8) is 0 Å². The molecule has 0 amide bonds. The van der Waals surface area contributed by atoms with Crippen molar-refractivity contribution >= 4 is 0 Å². The van der Waals surface area contributed by atoms with E-state index in [1.807, 2.05) is 0 Å². The lowest BCUT2D eigenvalue weighted by Crippen LogP contribution is -2.41. The molecule has 1 aliphatic heterocycles. The molecule has 1 aliphatic rings. The summed E-state index contributed by atoms with van der Waals surface area (Å²) in [4.78, 5) is 2.50. The van der Waals surface area contributed by atoms with Gasteiger partial charge in [0.15, 0.2) is 0 Å². The average Bonchev–Trinajstić information content (AvgIpc) is 2.05. The molecule has 0 saturated carbocycles. The van der Waals surface area contributed by atoms with Gasteiger partial charge in [0, 0.05) is 6.04 Å². The van der Waals surface area contributed by atoms with E-state index in [0.717, 1.165) is 18.5 Å². The molecular weight excluding hydrogens is 148 g/mol. The van der Waals surface area contributed by atoms with Gasteiger partial charge in [-0.05, 0) is 45.3 Å². The lowest BCUT2D eigenvalue weighted by Gasteiger charge is -2.36. The first kappa shape index (κ1) is 10.0. The highest BCUT2D eigenvalue weighted by Gasteiger charge is 2.23. The molecule has 1 fully saturated rings. The maximum absolute atomic E-state index is 5.56. The maximum atomic E-state index is 5.56. The molecule has 72 valence electrons. The van der Waals surface area contributed by atoms with Crippen molar-refractivity contribution in [2.45, 2.75) is 38.6 Å². The molecule has 0 aromatic heterocycles. The SMILES string of the molecule is CC(CCN)C1CCCCN1C. The van der Waals surface area contributed by atoms with Crippen molar-refractivity contribution in [1.82, 2.24) is 4.90 Å². The number of nitrogens with two attached hydrogens (primary N) is 1. The zero-order chi connectivity index (χ0) is 8.97. The molecule has 2 atom stereocenters. The minimum absolute atomic E-state index is 0.778. The largest absolute Gasteiger partial charge is 0.330 e. The summed E-state index contributed by atoms with van der Waals surface area (Å²) in [5, 5.41) is 0. The van der Waals surface area contributed by atoms with Gasteiger partial charge in [0.05, 0.1) is 0 Å². The van der Waals surface area contributed by atoms with Crippen LogP contribution in [-0.2, 0) is 0 Å². The summed E-state index contributed by atoms with van der Waals surface area (Å²) in [5.74, 6) is 0.778. The van der Waals surface area contributed by atoms with Gasteiger partial charge < -0.3 is 10.6 Å². The van der Waals surface area contributed by atoms with Gasteiger partial charge in [-0.1, -0.05) is 13.3 Å². The Labute approximate surface area is 76.1 Å². The third-order valence-corrected chi connectivity index (χ3v) is 3.11. The Morgan fingerprint density at radius 3 is 2.83 bits per heavy atom. The lowest BCUT2D eigenvalue weighted by atomic mass is 9.90. The minimum atomic E-state index is 0.778. The number of hydrogen-bond donors (Lipinski definition) is 1. The van der Waals surface area contributed by atoms with E-state index in [9.17, 15) is 0 Å². The third kappa shape index (κ3) is 2.46. The number of piperidine rings is 1. The van der Waals surface area contributed by atoms with E-state index in [1.165, 1.54) is 32.2 Å². The third-order valence-electron chi connectivity index (χ3n) is 3.11.